The number of para-hydroxylation sites is 1. The molecular formula is C28H20N6O3. The molecule has 0 bridgehead atoms. The summed E-state index contributed by atoms with van der Waals surface area (Å²) in [6.07, 6.45) is 0. The molecule has 0 radical (unpaired) electrons. The fourth-order valence-electron chi connectivity index (χ4n) is 4.54. The predicted octanol–water partition coefficient (Wildman–Crippen LogP) is 6.00. The Labute approximate surface area is 211 Å². The van der Waals surface area contributed by atoms with Crippen molar-refractivity contribution >= 4 is 45.3 Å². The molecule has 0 atom stereocenters. The van der Waals surface area contributed by atoms with Gasteiger partial charge < -0.3 is 10.6 Å². The summed E-state index contributed by atoms with van der Waals surface area (Å²) in [5.41, 5.74) is 4.24. The number of non-ortho nitro benzene ring substituents is 1. The molecule has 6 rings (SSSR count). The third-order valence-corrected chi connectivity index (χ3v) is 6.27. The first-order valence-electron chi connectivity index (χ1n) is 11.6. The summed E-state index contributed by atoms with van der Waals surface area (Å²) in [4.78, 5) is 29.0. The zero-order valence-corrected chi connectivity index (χ0v) is 19.7. The number of anilines is 2. The molecule has 1 aromatic heterocycles. The van der Waals surface area contributed by atoms with Crippen molar-refractivity contribution in [2.75, 3.05) is 10.6 Å². The number of amides is 1. The van der Waals surface area contributed by atoms with E-state index in [0.717, 1.165) is 22.1 Å². The molecule has 0 saturated heterocycles. The molecule has 1 aliphatic rings. The summed E-state index contributed by atoms with van der Waals surface area (Å²) in [5, 5.41) is 24.1. The zero-order valence-electron chi connectivity index (χ0n) is 19.7. The first-order chi connectivity index (χ1) is 18.0. The fraction of sp³-hybridized carbons (Fsp3) is 0.0357. The Morgan fingerprint density at radius 3 is 2.41 bits per heavy atom. The lowest BCUT2D eigenvalue weighted by molar-refractivity contribution is -0.384. The normalized spacial score (nSPS) is 12.1. The topological polar surface area (TPSA) is 114 Å². The molecule has 4 aromatic carbocycles. The molecule has 9 nitrogen and oxygen atoms in total. The Hall–Kier alpha value is -5.31. The monoisotopic (exact) mass is 488 g/mol. The number of rotatable bonds is 5. The van der Waals surface area contributed by atoms with Gasteiger partial charge >= 0.3 is 0 Å². The van der Waals surface area contributed by atoms with E-state index in [2.05, 4.69) is 15.7 Å². The van der Waals surface area contributed by atoms with Crippen LogP contribution in [0.25, 0.3) is 16.5 Å². The number of benzene rings is 4. The number of carbonyl (C=O) groups excluding carboxylic acids is 1. The van der Waals surface area contributed by atoms with Crippen LogP contribution in [0.4, 0.5) is 22.7 Å². The van der Waals surface area contributed by atoms with E-state index < -0.39 is 10.8 Å². The molecule has 0 spiro atoms. The highest BCUT2D eigenvalue weighted by molar-refractivity contribution is 6.23. The van der Waals surface area contributed by atoms with Crippen LogP contribution in [0.5, 0.6) is 0 Å². The van der Waals surface area contributed by atoms with Crippen molar-refractivity contribution in [2.45, 2.75) is 6.92 Å². The average molecular weight is 489 g/mol. The van der Waals surface area contributed by atoms with E-state index in [9.17, 15) is 14.9 Å². The lowest BCUT2D eigenvalue weighted by Gasteiger charge is -2.19. The highest BCUT2D eigenvalue weighted by Gasteiger charge is 2.28. The largest absolute Gasteiger partial charge is 0.339 e. The van der Waals surface area contributed by atoms with Crippen LogP contribution < -0.4 is 10.6 Å². The first-order valence-corrected chi connectivity index (χ1v) is 11.6. The zero-order chi connectivity index (χ0) is 25.5. The van der Waals surface area contributed by atoms with Gasteiger partial charge in [-0.05, 0) is 48.7 Å². The van der Waals surface area contributed by atoms with Gasteiger partial charge in [-0.1, -0.05) is 42.5 Å². The maximum Gasteiger partial charge on any atom is 0.276 e. The lowest BCUT2D eigenvalue weighted by Crippen LogP contribution is -2.22. The number of nitro groups is 1. The Kier molecular flexibility index (Phi) is 5.23. The second-order valence-electron chi connectivity index (χ2n) is 8.58. The van der Waals surface area contributed by atoms with Crippen molar-refractivity contribution in [3.63, 3.8) is 0 Å². The number of carbonyl (C=O) groups is 1. The van der Waals surface area contributed by atoms with E-state index in [0.29, 0.717) is 28.5 Å². The Bertz CT molecular complexity index is 1720. The van der Waals surface area contributed by atoms with E-state index in [1.165, 1.54) is 12.1 Å². The standard InChI is InChI=1S/C28H20N6O3/c1-17-24(27-30-22-11-5-7-18-8-6-12-23(31-27)25(18)22)26(28(35)29-19-9-3-2-4-10-19)32-33(17)20-13-15-21(16-14-20)34(36)37/h2-16H,1H3,(H,29,35)(H,30,31). The van der Waals surface area contributed by atoms with Gasteiger partial charge in [-0.15, -0.1) is 0 Å². The number of aromatic nitrogens is 2. The fourth-order valence-corrected chi connectivity index (χ4v) is 4.54. The molecule has 2 heterocycles. The quantitative estimate of drug-likeness (QED) is 0.233. The number of nitrogens with zero attached hydrogens (tertiary/aromatic N) is 4. The van der Waals surface area contributed by atoms with Crippen LogP contribution in [0.2, 0.25) is 0 Å². The van der Waals surface area contributed by atoms with E-state index >= 15 is 0 Å². The molecule has 0 aliphatic carbocycles. The molecule has 37 heavy (non-hydrogen) atoms. The summed E-state index contributed by atoms with van der Waals surface area (Å²) < 4.78 is 1.60. The van der Waals surface area contributed by atoms with Crippen molar-refractivity contribution < 1.29 is 9.72 Å². The molecule has 5 aromatic rings. The van der Waals surface area contributed by atoms with Gasteiger partial charge in [0.25, 0.3) is 11.6 Å². The van der Waals surface area contributed by atoms with Gasteiger partial charge in [0.2, 0.25) is 0 Å². The van der Waals surface area contributed by atoms with Gasteiger partial charge in [0, 0.05) is 28.9 Å². The van der Waals surface area contributed by atoms with Crippen LogP contribution in [-0.2, 0) is 0 Å². The van der Waals surface area contributed by atoms with E-state index in [4.69, 9.17) is 4.99 Å². The number of hydrogen-bond donors (Lipinski definition) is 2. The van der Waals surface area contributed by atoms with Crippen LogP contribution in [0, 0.1) is 17.0 Å². The van der Waals surface area contributed by atoms with Crippen molar-refractivity contribution in [3.8, 4) is 5.69 Å². The van der Waals surface area contributed by atoms with Crippen molar-refractivity contribution in [2.24, 2.45) is 4.99 Å². The van der Waals surface area contributed by atoms with Gasteiger partial charge in [-0.2, -0.15) is 5.10 Å². The van der Waals surface area contributed by atoms with E-state index in [-0.39, 0.29) is 11.4 Å². The summed E-state index contributed by atoms with van der Waals surface area (Å²) >= 11 is 0. The van der Waals surface area contributed by atoms with Gasteiger partial charge in [0.1, 0.15) is 5.84 Å². The number of nitrogens with one attached hydrogen (secondary N) is 2. The van der Waals surface area contributed by atoms with Crippen molar-refractivity contribution in [1.29, 1.82) is 0 Å². The predicted molar refractivity (Wildman–Crippen MR) is 143 cm³/mol. The van der Waals surface area contributed by atoms with Crippen LogP contribution in [0.3, 0.4) is 0 Å². The highest BCUT2D eigenvalue weighted by Crippen LogP contribution is 2.37. The molecule has 0 saturated carbocycles. The van der Waals surface area contributed by atoms with Crippen molar-refractivity contribution in [1.82, 2.24) is 9.78 Å². The summed E-state index contributed by atoms with van der Waals surface area (Å²) in [6, 6.07) is 27.0. The van der Waals surface area contributed by atoms with Crippen molar-refractivity contribution in [3.05, 3.63) is 118 Å². The first kappa shape index (κ1) is 22.2. The maximum absolute atomic E-state index is 13.5. The van der Waals surface area contributed by atoms with Crippen LogP contribution in [0.15, 0.2) is 96.0 Å². The minimum Gasteiger partial charge on any atom is -0.339 e. The second-order valence-corrected chi connectivity index (χ2v) is 8.58. The molecule has 1 amide bonds. The summed E-state index contributed by atoms with van der Waals surface area (Å²) in [6.45, 7) is 1.84. The number of amidine groups is 1. The average Bonchev–Trinajstić information content (AvgIpc) is 3.26. The Balaban J connectivity index is 1.50. The molecular weight excluding hydrogens is 468 g/mol. The SMILES string of the molecule is Cc1c(C2=Nc3cccc4cccc(c34)N2)c(C(=O)Nc2ccccc2)nn1-c1ccc([N+](=O)[O-])cc1. The third-order valence-electron chi connectivity index (χ3n) is 6.27. The Morgan fingerprint density at radius 1 is 0.946 bits per heavy atom. The third kappa shape index (κ3) is 3.88. The van der Waals surface area contributed by atoms with Crippen LogP contribution >= 0.6 is 0 Å². The minimum atomic E-state index is -0.456. The molecule has 1 aliphatic heterocycles. The summed E-state index contributed by atoms with van der Waals surface area (Å²) in [7, 11) is 0. The molecule has 2 N–H and O–H groups in total. The molecule has 0 fully saturated rings. The van der Waals surface area contributed by atoms with E-state index in [1.54, 1.807) is 28.9 Å². The molecule has 0 unspecified atom stereocenters. The van der Waals surface area contributed by atoms with E-state index in [1.807, 2.05) is 61.5 Å². The maximum atomic E-state index is 13.5. The van der Waals surface area contributed by atoms with Crippen LogP contribution in [0.1, 0.15) is 21.7 Å². The molecule has 9 heteroatoms. The van der Waals surface area contributed by atoms with Gasteiger partial charge in [0.15, 0.2) is 5.69 Å². The summed E-state index contributed by atoms with van der Waals surface area (Å²) in [5.74, 6) is 0.0987. The van der Waals surface area contributed by atoms with Gasteiger partial charge in [-0.25, -0.2) is 9.67 Å². The second kappa shape index (κ2) is 8.72. The smallest absolute Gasteiger partial charge is 0.276 e. The number of aliphatic imine (C=N–C) groups is 1. The molecule has 180 valence electrons. The number of nitro benzene ring substituents is 1. The van der Waals surface area contributed by atoms with Gasteiger partial charge in [-0.3, -0.25) is 14.9 Å². The van der Waals surface area contributed by atoms with Gasteiger partial charge in [0.05, 0.1) is 27.6 Å². The highest BCUT2D eigenvalue weighted by atomic mass is 16.6. The number of hydrogen-bond acceptors (Lipinski definition) is 6. The lowest BCUT2D eigenvalue weighted by atomic mass is 10.0. The Morgan fingerprint density at radius 2 is 1.68 bits per heavy atom. The van der Waals surface area contributed by atoms with Crippen LogP contribution in [-0.4, -0.2) is 26.4 Å². The minimum absolute atomic E-state index is 0.0288.